The van der Waals surface area contributed by atoms with Crippen LogP contribution in [0.25, 0.3) is 0 Å². The number of nitrogens with one attached hydrogen (secondary N) is 1. The highest BCUT2D eigenvalue weighted by molar-refractivity contribution is 5.97. The van der Waals surface area contributed by atoms with Crippen molar-refractivity contribution in [2.75, 3.05) is 20.8 Å². The van der Waals surface area contributed by atoms with E-state index < -0.39 is 0 Å². The van der Waals surface area contributed by atoms with Gasteiger partial charge in [0.1, 0.15) is 5.75 Å². The highest BCUT2D eigenvalue weighted by Crippen LogP contribution is 2.27. The van der Waals surface area contributed by atoms with Crippen LogP contribution in [0.3, 0.4) is 0 Å². The van der Waals surface area contributed by atoms with Gasteiger partial charge in [-0.3, -0.25) is 4.79 Å². The monoisotopic (exact) mass is 328 g/mol. The lowest BCUT2D eigenvalue weighted by atomic mass is 10.2. The summed E-state index contributed by atoms with van der Waals surface area (Å²) >= 11 is 0. The maximum atomic E-state index is 12.1. The Bertz CT molecular complexity index is 729. The van der Waals surface area contributed by atoms with Crippen LogP contribution in [0.2, 0.25) is 0 Å². The molecule has 0 atom stereocenters. The lowest BCUT2D eigenvalue weighted by Crippen LogP contribution is -2.18. The first-order chi connectivity index (χ1) is 11.7. The summed E-state index contributed by atoms with van der Waals surface area (Å²) in [5, 5.41) is 3.97. The Morgan fingerprint density at radius 1 is 1.08 bits per heavy atom. The first kappa shape index (κ1) is 17.3. The minimum atomic E-state index is -0.345. The summed E-state index contributed by atoms with van der Waals surface area (Å²) in [7, 11) is 3.10. The highest BCUT2D eigenvalue weighted by atomic mass is 16.5. The van der Waals surface area contributed by atoms with Crippen LogP contribution >= 0.6 is 0 Å². The van der Waals surface area contributed by atoms with E-state index in [1.165, 1.54) is 13.3 Å². The maximum Gasteiger partial charge on any atom is 0.275 e. The van der Waals surface area contributed by atoms with Gasteiger partial charge in [0.25, 0.3) is 5.91 Å². The zero-order chi connectivity index (χ0) is 17.4. The van der Waals surface area contributed by atoms with Crippen LogP contribution < -0.4 is 19.6 Å². The second-order valence-corrected chi connectivity index (χ2v) is 4.74. The summed E-state index contributed by atoms with van der Waals surface area (Å²) in [5.41, 5.74) is 3.68. The van der Waals surface area contributed by atoms with E-state index in [1.54, 1.807) is 43.5 Å². The number of hydrogen-bond acceptors (Lipinski definition) is 5. The van der Waals surface area contributed by atoms with Crippen LogP contribution in [0.15, 0.2) is 47.6 Å². The minimum Gasteiger partial charge on any atom is -0.496 e. The van der Waals surface area contributed by atoms with Crippen molar-refractivity contribution in [1.29, 1.82) is 0 Å². The Balaban J connectivity index is 2.08. The molecule has 0 heterocycles. The van der Waals surface area contributed by atoms with Crippen LogP contribution in [0.5, 0.6) is 17.2 Å². The molecule has 0 bridgehead atoms. The number of methoxy groups -OCH3 is 2. The normalized spacial score (nSPS) is 10.5. The molecule has 24 heavy (non-hydrogen) atoms. The molecule has 0 saturated carbocycles. The van der Waals surface area contributed by atoms with Crippen molar-refractivity contribution < 1.29 is 19.0 Å². The van der Waals surface area contributed by atoms with Crippen molar-refractivity contribution in [3.8, 4) is 17.2 Å². The Morgan fingerprint density at radius 2 is 1.83 bits per heavy atom. The Hall–Kier alpha value is -3.02. The van der Waals surface area contributed by atoms with Gasteiger partial charge in [-0.25, -0.2) is 5.43 Å². The number of rotatable bonds is 7. The number of hydrogen-bond donors (Lipinski definition) is 1. The number of para-hydroxylation sites is 1. The van der Waals surface area contributed by atoms with Crippen molar-refractivity contribution in [3.63, 3.8) is 0 Å². The quantitative estimate of drug-likeness (QED) is 0.627. The number of benzene rings is 2. The average molecular weight is 328 g/mol. The van der Waals surface area contributed by atoms with Gasteiger partial charge in [0.2, 0.25) is 0 Å². The van der Waals surface area contributed by atoms with Gasteiger partial charge in [0, 0.05) is 0 Å². The van der Waals surface area contributed by atoms with E-state index >= 15 is 0 Å². The smallest absolute Gasteiger partial charge is 0.275 e. The molecular formula is C18H20N2O4. The molecule has 2 aromatic carbocycles. The second-order valence-electron chi connectivity index (χ2n) is 4.74. The summed E-state index contributed by atoms with van der Waals surface area (Å²) in [4.78, 5) is 12.1. The van der Waals surface area contributed by atoms with Gasteiger partial charge in [-0.15, -0.1) is 0 Å². The van der Waals surface area contributed by atoms with Gasteiger partial charge in [-0.2, -0.15) is 5.10 Å². The lowest BCUT2D eigenvalue weighted by molar-refractivity contribution is 0.0952. The van der Waals surface area contributed by atoms with Gasteiger partial charge in [-0.1, -0.05) is 12.1 Å². The second kappa shape index (κ2) is 8.57. The van der Waals surface area contributed by atoms with Crippen LogP contribution in [0.1, 0.15) is 22.8 Å². The fourth-order valence-corrected chi connectivity index (χ4v) is 2.10. The van der Waals surface area contributed by atoms with Crippen LogP contribution in [-0.4, -0.2) is 32.9 Å². The Kier molecular flexibility index (Phi) is 6.19. The molecule has 126 valence electrons. The Labute approximate surface area is 141 Å². The van der Waals surface area contributed by atoms with Gasteiger partial charge >= 0.3 is 0 Å². The zero-order valence-electron chi connectivity index (χ0n) is 13.9. The number of carbonyl (C=O) groups is 1. The van der Waals surface area contributed by atoms with Gasteiger partial charge in [0.05, 0.1) is 32.6 Å². The third-order valence-electron chi connectivity index (χ3n) is 3.22. The summed E-state index contributed by atoms with van der Waals surface area (Å²) in [6, 6.07) is 12.3. The van der Waals surface area contributed by atoms with Gasteiger partial charge in [-0.05, 0) is 42.8 Å². The molecule has 0 saturated heterocycles. The molecule has 0 unspecified atom stereocenters. The first-order valence-corrected chi connectivity index (χ1v) is 7.46. The fourth-order valence-electron chi connectivity index (χ4n) is 2.10. The molecular weight excluding hydrogens is 308 g/mol. The first-order valence-electron chi connectivity index (χ1n) is 7.46. The van der Waals surface area contributed by atoms with Crippen LogP contribution in [0.4, 0.5) is 0 Å². The van der Waals surface area contributed by atoms with Gasteiger partial charge in [0.15, 0.2) is 11.5 Å². The minimum absolute atomic E-state index is 0.345. The third kappa shape index (κ3) is 4.25. The number of hydrazone groups is 1. The molecule has 0 aliphatic carbocycles. The number of ether oxygens (including phenoxy) is 3. The van der Waals surface area contributed by atoms with E-state index in [9.17, 15) is 4.79 Å². The van der Waals surface area contributed by atoms with Crippen LogP contribution in [-0.2, 0) is 0 Å². The molecule has 0 radical (unpaired) electrons. The molecule has 1 N–H and O–H groups in total. The number of nitrogens with zero attached hydrogens (tertiary/aromatic N) is 1. The highest BCUT2D eigenvalue weighted by Gasteiger charge is 2.10. The van der Waals surface area contributed by atoms with Crippen molar-refractivity contribution in [2.24, 2.45) is 5.10 Å². The Morgan fingerprint density at radius 3 is 2.54 bits per heavy atom. The van der Waals surface area contributed by atoms with Gasteiger partial charge < -0.3 is 14.2 Å². The molecule has 2 aromatic rings. The molecule has 1 amide bonds. The van der Waals surface area contributed by atoms with Crippen molar-refractivity contribution in [1.82, 2.24) is 5.43 Å². The van der Waals surface area contributed by atoms with E-state index in [0.29, 0.717) is 29.4 Å². The molecule has 0 aliphatic heterocycles. The molecule has 0 aromatic heterocycles. The van der Waals surface area contributed by atoms with Crippen LogP contribution in [0, 0.1) is 0 Å². The largest absolute Gasteiger partial charge is 0.496 e. The molecule has 2 rings (SSSR count). The molecule has 0 spiro atoms. The summed E-state index contributed by atoms with van der Waals surface area (Å²) in [5.74, 6) is 1.42. The van der Waals surface area contributed by atoms with E-state index in [1.807, 2.05) is 13.0 Å². The molecule has 6 nitrogen and oxygen atoms in total. The van der Waals surface area contributed by atoms with Crippen molar-refractivity contribution in [2.45, 2.75) is 6.92 Å². The van der Waals surface area contributed by atoms with E-state index in [-0.39, 0.29) is 5.91 Å². The topological polar surface area (TPSA) is 69.2 Å². The third-order valence-corrected chi connectivity index (χ3v) is 3.22. The standard InChI is InChI=1S/C18H20N2O4/c1-4-24-17-11-13(9-10-16(17)23-3)12-19-20-18(21)14-7-5-6-8-15(14)22-2/h5-12H,4H2,1-3H3,(H,20,21)/b19-12+. The predicted octanol–water partition coefficient (Wildman–Crippen LogP) is 2.87. The molecule has 0 aliphatic rings. The predicted molar refractivity (Wildman–Crippen MR) is 92.2 cm³/mol. The zero-order valence-corrected chi connectivity index (χ0v) is 13.9. The summed E-state index contributed by atoms with van der Waals surface area (Å²) in [6.45, 7) is 2.43. The maximum absolute atomic E-state index is 12.1. The average Bonchev–Trinajstić information content (AvgIpc) is 2.62. The summed E-state index contributed by atoms with van der Waals surface area (Å²) < 4.78 is 15.9. The van der Waals surface area contributed by atoms with E-state index in [0.717, 1.165) is 5.56 Å². The summed E-state index contributed by atoms with van der Waals surface area (Å²) in [6.07, 6.45) is 1.54. The van der Waals surface area contributed by atoms with E-state index in [2.05, 4.69) is 10.5 Å². The SMILES string of the molecule is CCOc1cc(/C=N/NC(=O)c2ccccc2OC)ccc1OC. The molecule has 0 fully saturated rings. The molecule has 6 heteroatoms. The number of amides is 1. The number of carbonyl (C=O) groups excluding carboxylic acids is 1. The van der Waals surface area contributed by atoms with E-state index in [4.69, 9.17) is 14.2 Å². The fraction of sp³-hybridized carbons (Fsp3) is 0.222. The lowest BCUT2D eigenvalue weighted by Gasteiger charge is -2.09. The van der Waals surface area contributed by atoms with Crippen molar-refractivity contribution >= 4 is 12.1 Å². The van der Waals surface area contributed by atoms with Crippen molar-refractivity contribution in [3.05, 3.63) is 53.6 Å².